The molecule has 0 aliphatic carbocycles. The van der Waals surface area contributed by atoms with Gasteiger partial charge in [-0.25, -0.2) is 0 Å². The zero-order valence-electron chi connectivity index (χ0n) is 21.2. The van der Waals surface area contributed by atoms with Crippen LogP contribution in [0.4, 0.5) is 0 Å². The Bertz CT molecular complexity index is 326. The van der Waals surface area contributed by atoms with E-state index in [2.05, 4.69) is 6.92 Å². The molecule has 0 heterocycles. The van der Waals surface area contributed by atoms with Crippen LogP contribution in [-0.2, 0) is 0 Å². The summed E-state index contributed by atoms with van der Waals surface area (Å²) in [6.45, 7) is 2.29. The predicted molar refractivity (Wildman–Crippen MR) is 142 cm³/mol. The van der Waals surface area contributed by atoms with Gasteiger partial charge in [-0.15, -0.1) is 0 Å². The summed E-state index contributed by atoms with van der Waals surface area (Å²) in [4.78, 5) is 0. The summed E-state index contributed by atoms with van der Waals surface area (Å²) in [7, 11) is -2.17. The maximum absolute atomic E-state index is 9.39. The van der Waals surface area contributed by atoms with Gasteiger partial charge >= 0.3 is 118 Å². The van der Waals surface area contributed by atoms with E-state index >= 15 is 0 Å². The second-order valence-electron chi connectivity index (χ2n) is 10.1. The van der Waals surface area contributed by atoms with Gasteiger partial charge in [-0.3, -0.25) is 0 Å². The second-order valence-corrected chi connectivity index (χ2v) is 14.6. The van der Waals surface area contributed by atoms with Crippen molar-refractivity contribution in [3.63, 3.8) is 0 Å². The van der Waals surface area contributed by atoms with Crippen LogP contribution in [0.25, 0.3) is 0 Å². The Balaban J connectivity index is 3.16. The van der Waals surface area contributed by atoms with Gasteiger partial charge in [-0.1, -0.05) is 77.6 Å². The summed E-state index contributed by atoms with van der Waals surface area (Å²) in [5.74, 6) is 0. The molecule has 0 aliphatic rings. The van der Waals surface area contributed by atoms with Crippen molar-refractivity contribution in [2.75, 3.05) is 25.2 Å². The molecule has 0 saturated heterocycles. The summed E-state index contributed by atoms with van der Waals surface area (Å²) in [6, 6.07) is 0. The van der Waals surface area contributed by atoms with Crippen molar-refractivity contribution in [1.82, 2.24) is 0 Å². The maximum atomic E-state index is 9.39. The molecule has 0 aliphatic heterocycles. The van der Waals surface area contributed by atoms with E-state index in [0.29, 0.717) is 0 Å². The van der Waals surface area contributed by atoms with Gasteiger partial charge in [0.2, 0.25) is 0 Å². The topological polar surface area (TPSA) is 60.7 Å². The summed E-state index contributed by atoms with van der Waals surface area (Å²) in [6.07, 6.45) is 31.4. The average Bonchev–Trinajstić information content (AvgIpc) is 2.80. The fourth-order valence-corrected chi connectivity index (χ4v) is 6.27. The van der Waals surface area contributed by atoms with Crippen molar-refractivity contribution in [2.45, 2.75) is 148 Å². The quantitative estimate of drug-likeness (QED) is 0.0897. The first-order chi connectivity index (χ1) is 15.2. The molecular formula is C27H59O3P. The van der Waals surface area contributed by atoms with Gasteiger partial charge < -0.3 is 0 Å². The first kappa shape index (κ1) is 31.3. The van der Waals surface area contributed by atoms with Crippen molar-refractivity contribution < 1.29 is 15.3 Å². The number of hydrogen-bond acceptors (Lipinski definition) is 3. The molecule has 3 N–H and O–H groups in total. The molecule has 0 amide bonds. The third-order valence-corrected chi connectivity index (χ3v) is 10.5. The Hall–Kier alpha value is 0.310. The van der Waals surface area contributed by atoms with Gasteiger partial charge in [0, 0.05) is 0 Å². The fraction of sp³-hybridized carbons (Fsp3) is 1.00. The molecule has 0 unspecified atom stereocenters. The van der Waals surface area contributed by atoms with Gasteiger partial charge in [0.15, 0.2) is 0 Å². The van der Waals surface area contributed by atoms with Crippen LogP contribution in [-0.4, -0.2) is 40.5 Å². The van der Waals surface area contributed by atoms with Crippen molar-refractivity contribution in [3.8, 4) is 0 Å². The molecule has 0 radical (unpaired) electrons. The number of aliphatic hydroxyl groups is 3. The van der Waals surface area contributed by atoms with E-state index in [0.717, 1.165) is 12.6 Å². The molecule has 0 rings (SSSR count). The van der Waals surface area contributed by atoms with Crippen LogP contribution in [0.3, 0.4) is 0 Å². The molecule has 0 saturated carbocycles. The average molecular weight is 463 g/mol. The van der Waals surface area contributed by atoms with Gasteiger partial charge in [-0.2, -0.15) is 0 Å². The van der Waals surface area contributed by atoms with E-state index in [-0.39, 0.29) is 19.0 Å². The summed E-state index contributed by atoms with van der Waals surface area (Å²) in [5, 5.41) is 28.2. The number of hydrogen-bond donors (Lipinski definition) is 3. The summed E-state index contributed by atoms with van der Waals surface area (Å²) >= 11 is 0. The summed E-state index contributed by atoms with van der Waals surface area (Å²) < 4.78 is 0. The minimum atomic E-state index is -2.17. The Kier molecular flexibility index (Phi) is 25.2. The monoisotopic (exact) mass is 462 g/mol. The van der Waals surface area contributed by atoms with Crippen molar-refractivity contribution in [2.24, 2.45) is 0 Å². The minimum absolute atomic E-state index is 0.0131. The van der Waals surface area contributed by atoms with Crippen LogP contribution >= 0.6 is 7.26 Å². The van der Waals surface area contributed by atoms with E-state index in [1.165, 1.54) is 135 Å². The van der Waals surface area contributed by atoms with Crippen LogP contribution < -0.4 is 0 Å². The molecule has 4 heteroatoms. The van der Waals surface area contributed by atoms with Crippen LogP contribution in [0.2, 0.25) is 0 Å². The van der Waals surface area contributed by atoms with E-state index in [4.69, 9.17) is 0 Å². The standard InChI is InChI=1S/C27H59O3P/c1-2-3-4-5-6-7-8-9-10-11-12-13-14-15-16-17-18-19-20-21-22-23-24-31(25-28,26-29)27-30/h28-31H,2-27H2,1H3. The molecular weight excluding hydrogens is 403 g/mol. The van der Waals surface area contributed by atoms with E-state index in [9.17, 15) is 15.3 Å². The Labute approximate surface area is 196 Å². The van der Waals surface area contributed by atoms with Crippen LogP contribution in [0.15, 0.2) is 0 Å². The molecule has 0 spiro atoms. The van der Waals surface area contributed by atoms with E-state index in [1.54, 1.807) is 0 Å². The van der Waals surface area contributed by atoms with Crippen molar-refractivity contribution in [1.29, 1.82) is 0 Å². The van der Waals surface area contributed by atoms with E-state index < -0.39 is 7.26 Å². The molecule has 0 aromatic carbocycles. The van der Waals surface area contributed by atoms with Crippen LogP contribution in [0.5, 0.6) is 0 Å². The number of rotatable bonds is 26. The molecule has 31 heavy (non-hydrogen) atoms. The molecule has 3 nitrogen and oxygen atoms in total. The molecule has 190 valence electrons. The molecule has 0 bridgehead atoms. The molecule has 0 aromatic heterocycles. The van der Waals surface area contributed by atoms with E-state index in [1.807, 2.05) is 0 Å². The fourth-order valence-electron chi connectivity index (χ4n) is 4.50. The van der Waals surface area contributed by atoms with Gasteiger partial charge in [0.1, 0.15) is 0 Å². The zero-order chi connectivity index (χ0) is 22.9. The third-order valence-electron chi connectivity index (χ3n) is 7.07. The predicted octanol–water partition coefficient (Wildman–Crippen LogP) is 8.19. The Morgan fingerprint density at radius 1 is 0.355 bits per heavy atom. The zero-order valence-corrected chi connectivity index (χ0v) is 22.2. The number of unbranched alkanes of at least 4 members (excludes halogenated alkanes) is 21. The van der Waals surface area contributed by atoms with Crippen LogP contribution in [0, 0.1) is 0 Å². The first-order valence-electron chi connectivity index (χ1n) is 14.1. The molecule has 0 fully saturated rings. The van der Waals surface area contributed by atoms with Gasteiger partial charge in [-0.05, 0) is 0 Å². The van der Waals surface area contributed by atoms with Gasteiger partial charge in [0.05, 0.1) is 0 Å². The van der Waals surface area contributed by atoms with Crippen molar-refractivity contribution >= 4 is 7.26 Å². The molecule has 0 atom stereocenters. The first-order valence-corrected chi connectivity index (χ1v) is 16.9. The SMILES string of the molecule is CCCCCCCCCCCCCCCCCCCCCCCC[PH](CO)(CO)CO. The van der Waals surface area contributed by atoms with Crippen LogP contribution in [0.1, 0.15) is 148 Å². The normalized spacial score (nSPS) is 12.5. The molecule has 0 aromatic rings. The van der Waals surface area contributed by atoms with Gasteiger partial charge in [0.25, 0.3) is 0 Å². The number of aliphatic hydroxyl groups excluding tert-OH is 3. The second kappa shape index (κ2) is 24.9. The summed E-state index contributed by atoms with van der Waals surface area (Å²) in [5.41, 5.74) is 0. The Morgan fingerprint density at radius 3 is 0.806 bits per heavy atom. The third kappa shape index (κ3) is 20.6. The van der Waals surface area contributed by atoms with Crippen molar-refractivity contribution in [3.05, 3.63) is 0 Å². The Morgan fingerprint density at radius 2 is 0.581 bits per heavy atom.